The largest absolute Gasteiger partial charge is 0.480 e. The van der Waals surface area contributed by atoms with Gasteiger partial charge < -0.3 is 20.8 Å². The molecular weight excluding hydrogens is 312 g/mol. The second kappa shape index (κ2) is 7.92. The van der Waals surface area contributed by atoms with Crippen LogP contribution in [0.1, 0.15) is 24.8 Å². The number of likely N-dealkylation sites (tertiary alicyclic amines) is 1. The molecule has 1 aliphatic rings. The summed E-state index contributed by atoms with van der Waals surface area (Å²) in [5, 5.41) is 18.1. The van der Waals surface area contributed by atoms with E-state index >= 15 is 0 Å². The van der Waals surface area contributed by atoms with E-state index in [9.17, 15) is 19.5 Å². The van der Waals surface area contributed by atoms with E-state index in [0.29, 0.717) is 19.4 Å². The summed E-state index contributed by atoms with van der Waals surface area (Å²) in [7, 11) is 0. The minimum absolute atomic E-state index is 0.000355. The summed E-state index contributed by atoms with van der Waals surface area (Å²) in [6.45, 7) is 0.368. The zero-order valence-electron chi connectivity index (χ0n) is 13.3. The van der Waals surface area contributed by atoms with Crippen molar-refractivity contribution in [2.75, 3.05) is 6.54 Å². The standard InChI is InChI=1S/C17H22N2O5/c18-13(16(21)22)6-7-15(20)19-10-12(9-14(19)17(23)24)8-11-4-2-1-3-5-11/h1-5,12-14H,6-10,18H2,(H,21,22)(H,23,24)/t12-,13+,14+/m1/s1. The van der Waals surface area contributed by atoms with Gasteiger partial charge in [-0.25, -0.2) is 4.79 Å². The SMILES string of the molecule is N[C@@H](CCC(=O)N1C[C@H](Cc2ccccc2)C[C@H]1C(=O)O)C(=O)O. The van der Waals surface area contributed by atoms with Crippen LogP contribution in [0.2, 0.25) is 0 Å². The number of carbonyl (C=O) groups is 3. The first-order chi connectivity index (χ1) is 11.4. The number of nitrogens with two attached hydrogens (primary N) is 1. The number of nitrogens with zero attached hydrogens (tertiary/aromatic N) is 1. The molecule has 0 aromatic heterocycles. The van der Waals surface area contributed by atoms with Gasteiger partial charge in [0.2, 0.25) is 5.91 Å². The fraction of sp³-hybridized carbons (Fsp3) is 0.471. The van der Waals surface area contributed by atoms with Crippen molar-refractivity contribution in [2.45, 2.75) is 37.8 Å². The number of benzene rings is 1. The summed E-state index contributed by atoms with van der Waals surface area (Å²) >= 11 is 0. The Hall–Kier alpha value is -2.41. The van der Waals surface area contributed by atoms with Crippen molar-refractivity contribution < 1.29 is 24.6 Å². The molecule has 7 nitrogen and oxygen atoms in total. The molecule has 1 amide bonds. The number of carbonyl (C=O) groups excluding carboxylic acids is 1. The maximum Gasteiger partial charge on any atom is 0.326 e. The van der Waals surface area contributed by atoms with Crippen LogP contribution in [0.15, 0.2) is 30.3 Å². The maximum atomic E-state index is 12.3. The van der Waals surface area contributed by atoms with Gasteiger partial charge >= 0.3 is 11.9 Å². The summed E-state index contributed by atoms with van der Waals surface area (Å²) in [6.07, 6.45) is 1.06. The Morgan fingerprint density at radius 3 is 2.46 bits per heavy atom. The van der Waals surface area contributed by atoms with Gasteiger partial charge in [0.25, 0.3) is 0 Å². The zero-order chi connectivity index (χ0) is 17.7. The van der Waals surface area contributed by atoms with Crippen molar-refractivity contribution in [3.8, 4) is 0 Å². The van der Waals surface area contributed by atoms with Gasteiger partial charge in [-0.1, -0.05) is 30.3 Å². The molecule has 1 aromatic rings. The smallest absolute Gasteiger partial charge is 0.326 e. The number of hydrogen-bond acceptors (Lipinski definition) is 4. The Balaban J connectivity index is 1.98. The van der Waals surface area contributed by atoms with Crippen molar-refractivity contribution in [1.29, 1.82) is 0 Å². The average Bonchev–Trinajstić information content (AvgIpc) is 2.97. The Kier molecular flexibility index (Phi) is 5.92. The van der Waals surface area contributed by atoms with E-state index in [1.807, 2.05) is 30.3 Å². The van der Waals surface area contributed by atoms with Crippen LogP contribution in [-0.4, -0.2) is 51.6 Å². The molecule has 1 fully saturated rings. The first-order valence-corrected chi connectivity index (χ1v) is 7.93. The molecule has 1 saturated heterocycles. The van der Waals surface area contributed by atoms with E-state index in [1.165, 1.54) is 4.90 Å². The second-order valence-corrected chi connectivity index (χ2v) is 6.17. The van der Waals surface area contributed by atoms with Crippen LogP contribution in [0.3, 0.4) is 0 Å². The topological polar surface area (TPSA) is 121 Å². The highest BCUT2D eigenvalue weighted by molar-refractivity contribution is 5.85. The number of carboxylic acids is 2. The molecule has 3 atom stereocenters. The van der Waals surface area contributed by atoms with Gasteiger partial charge in [-0.2, -0.15) is 0 Å². The van der Waals surface area contributed by atoms with Gasteiger partial charge in [0.1, 0.15) is 12.1 Å². The lowest BCUT2D eigenvalue weighted by Crippen LogP contribution is -2.41. The van der Waals surface area contributed by atoms with E-state index in [0.717, 1.165) is 5.56 Å². The van der Waals surface area contributed by atoms with Crippen LogP contribution in [0.5, 0.6) is 0 Å². The Morgan fingerprint density at radius 2 is 1.88 bits per heavy atom. The highest BCUT2D eigenvalue weighted by Gasteiger charge is 2.39. The Labute approximate surface area is 140 Å². The molecule has 0 saturated carbocycles. The molecule has 0 spiro atoms. The fourth-order valence-electron chi connectivity index (χ4n) is 3.07. The maximum absolute atomic E-state index is 12.3. The molecule has 1 aromatic carbocycles. The third kappa shape index (κ3) is 4.55. The molecule has 4 N–H and O–H groups in total. The van der Waals surface area contributed by atoms with Crippen LogP contribution >= 0.6 is 0 Å². The lowest BCUT2D eigenvalue weighted by atomic mass is 9.97. The highest BCUT2D eigenvalue weighted by Crippen LogP contribution is 2.27. The average molecular weight is 334 g/mol. The molecule has 0 bridgehead atoms. The molecule has 24 heavy (non-hydrogen) atoms. The van der Waals surface area contributed by atoms with Crippen LogP contribution < -0.4 is 5.73 Å². The van der Waals surface area contributed by atoms with Gasteiger partial charge in [0.05, 0.1) is 0 Å². The minimum Gasteiger partial charge on any atom is -0.480 e. The van der Waals surface area contributed by atoms with Crippen molar-refractivity contribution >= 4 is 17.8 Å². The molecule has 0 aliphatic carbocycles. The lowest BCUT2D eigenvalue weighted by Gasteiger charge is -2.22. The predicted octanol–water partition coefficient (Wildman–Crippen LogP) is 0.723. The molecule has 7 heteroatoms. The van der Waals surface area contributed by atoms with Gasteiger partial charge in [-0.15, -0.1) is 0 Å². The van der Waals surface area contributed by atoms with Gasteiger partial charge in [0.15, 0.2) is 0 Å². The fourth-order valence-corrected chi connectivity index (χ4v) is 3.07. The van der Waals surface area contributed by atoms with Crippen molar-refractivity contribution in [3.05, 3.63) is 35.9 Å². The van der Waals surface area contributed by atoms with E-state index < -0.39 is 24.0 Å². The highest BCUT2D eigenvalue weighted by atomic mass is 16.4. The molecule has 2 rings (SSSR count). The van der Waals surface area contributed by atoms with E-state index in [-0.39, 0.29) is 24.7 Å². The van der Waals surface area contributed by atoms with Crippen LogP contribution in [-0.2, 0) is 20.8 Å². The summed E-state index contributed by atoms with van der Waals surface area (Å²) < 4.78 is 0. The van der Waals surface area contributed by atoms with Crippen molar-refractivity contribution in [1.82, 2.24) is 4.90 Å². The summed E-state index contributed by atoms with van der Waals surface area (Å²) in [5.74, 6) is -2.47. The number of hydrogen-bond donors (Lipinski definition) is 3. The Bertz CT molecular complexity index is 604. The van der Waals surface area contributed by atoms with Crippen LogP contribution in [0.4, 0.5) is 0 Å². The quantitative estimate of drug-likeness (QED) is 0.676. The van der Waals surface area contributed by atoms with Gasteiger partial charge in [-0.3, -0.25) is 9.59 Å². The third-order valence-corrected chi connectivity index (χ3v) is 4.35. The van der Waals surface area contributed by atoms with E-state index in [4.69, 9.17) is 10.8 Å². The lowest BCUT2D eigenvalue weighted by molar-refractivity contribution is -0.148. The number of rotatable bonds is 7. The number of carboxylic acid groups (broad SMARTS) is 2. The van der Waals surface area contributed by atoms with Gasteiger partial charge in [0, 0.05) is 13.0 Å². The first kappa shape index (κ1) is 17.9. The monoisotopic (exact) mass is 334 g/mol. The number of amides is 1. The van der Waals surface area contributed by atoms with Crippen LogP contribution in [0.25, 0.3) is 0 Å². The summed E-state index contributed by atoms with van der Waals surface area (Å²) in [4.78, 5) is 35.8. The normalized spacial score (nSPS) is 21.5. The number of aliphatic carboxylic acids is 2. The Morgan fingerprint density at radius 1 is 1.21 bits per heavy atom. The van der Waals surface area contributed by atoms with E-state index in [1.54, 1.807) is 0 Å². The molecule has 0 radical (unpaired) electrons. The van der Waals surface area contributed by atoms with E-state index in [2.05, 4.69) is 0 Å². The molecule has 1 aliphatic heterocycles. The zero-order valence-corrected chi connectivity index (χ0v) is 13.3. The van der Waals surface area contributed by atoms with Crippen molar-refractivity contribution in [2.24, 2.45) is 11.7 Å². The second-order valence-electron chi connectivity index (χ2n) is 6.17. The van der Waals surface area contributed by atoms with Crippen LogP contribution in [0, 0.1) is 5.92 Å². The van der Waals surface area contributed by atoms with Gasteiger partial charge in [-0.05, 0) is 30.7 Å². The summed E-state index contributed by atoms with van der Waals surface area (Å²) in [5.41, 5.74) is 6.51. The van der Waals surface area contributed by atoms with Crippen molar-refractivity contribution in [3.63, 3.8) is 0 Å². The summed E-state index contributed by atoms with van der Waals surface area (Å²) in [6, 6.07) is 7.76. The molecule has 1 heterocycles. The third-order valence-electron chi connectivity index (χ3n) is 4.35. The predicted molar refractivity (Wildman–Crippen MR) is 86.2 cm³/mol. The molecular formula is C17H22N2O5. The minimum atomic E-state index is -1.17. The molecule has 0 unspecified atom stereocenters. The first-order valence-electron chi connectivity index (χ1n) is 7.93. The molecule has 130 valence electrons.